The molecule has 4 nitrogen and oxygen atoms in total. The molecule has 1 aliphatic carbocycles. The molecule has 2 heterocycles. The van der Waals surface area contributed by atoms with Crippen LogP contribution in [0.5, 0.6) is 5.75 Å². The van der Waals surface area contributed by atoms with Gasteiger partial charge in [-0.1, -0.05) is 12.1 Å². The van der Waals surface area contributed by atoms with Crippen LogP contribution in [0, 0.1) is 5.41 Å². The molecule has 0 radical (unpaired) electrons. The molecule has 0 spiro atoms. The Bertz CT molecular complexity index is 875. The van der Waals surface area contributed by atoms with Gasteiger partial charge in [-0.2, -0.15) is 0 Å². The van der Waals surface area contributed by atoms with Gasteiger partial charge >= 0.3 is 0 Å². The summed E-state index contributed by atoms with van der Waals surface area (Å²) in [4.78, 5) is 18.4. The number of rotatable bonds is 3. The quantitative estimate of drug-likeness (QED) is 0.738. The third kappa shape index (κ3) is 2.42. The summed E-state index contributed by atoms with van der Waals surface area (Å²) in [5, 5.41) is 17.4. The minimum absolute atomic E-state index is 0.0356. The first-order valence-electron chi connectivity index (χ1n) is 7.64. The molecule has 122 valence electrons. The van der Waals surface area contributed by atoms with E-state index >= 15 is 0 Å². The Morgan fingerprint density at radius 2 is 2.21 bits per heavy atom. The third-order valence-corrected chi connectivity index (χ3v) is 6.26. The van der Waals surface area contributed by atoms with E-state index in [4.69, 9.17) is 0 Å². The molecule has 0 bridgehead atoms. The normalized spacial score (nSPS) is 22.3. The Labute approximate surface area is 147 Å². The van der Waals surface area contributed by atoms with Crippen LogP contribution in [0.2, 0.25) is 0 Å². The number of nitrogens with zero attached hydrogens (tertiary/aromatic N) is 1. The number of phenols is 1. The summed E-state index contributed by atoms with van der Waals surface area (Å²) in [5.74, 6) is 0.131. The number of amides is 1. The number of aromatic nitrogens is 1. The van der Waals surface area contributed by atoms with E-state index in [0.717, 1.165) is 16.0 Å². The van der Waals surface area contributed by atoms with Gasteiger partial charge in [0.25, 0.3) is 0 Å². The summed E-state index contributed by atoms with van der Waals surface area (Å²) >= 11 is 3.06. The zero-order valence-corrected chi connectivity index (χ0v) is 14.7. The number of thiazole rings is 1. The second-order valence-corrected chi connectivity index (χ2v) is 8.09. The van der Waals surface area contributed by atoms with Gasteiger partial charge in [0.2, 0.25) is 5.91 Å². The van der Waals surface area contributed by atoms with Crippen LogP contribution in [-0.2, 0) is 11.2 Å². The third-order valence-electron chi connectivity index (χ3n) is 4.63. The van der Waals surface area contributed by atoms with Crippen LogP contribution in [0.25, 0.3) is 0 Å². The average molecular weight is 356 g/mol. The number of nitrogens with one attached hydrogen (secondary N) is 1. The second-order valence-electron chi connectivity index (χ2n) is 6.22. The molecule has 1 amide bonds. The maximum Gasteiger partial charge on any atom is 0.233 e. The van der Waals surface area contributed by atoms with Crippen molar-refractivity contribution in [3.8, 4) is 5.75 Å². The molecular weight excluding hydrogens is 340 g/mol. The summed E-state index contributed by atoms with van der Waals surface area (Å²) in [6.45, 7) is 2.00. The van der Waals surface area contributed by atoms with Gasteiger partial charge in [0.05, 0.1) is 5.41 Å². The molecule has 1 aliphatic rings. The van der Waals surface area contributed by atoms with Crippen LogP contribution in [0.15, 0.2) is 47.3 Å². The SMILES string of the molecule is C[C@@]1(C(=O)Nc2nccs2)Cc2ccc(O)cc2[C@@H]1c1cccs1. The first kappa shape index (κ1) is 15.4. The molecule has 0 unspecified atom stereocenters. The zero-order chi connectivity index (χ0) is 16.7. The summed E-state index contributed by atoms with van der Waals surface area (Å²) in [6, 6.07) is 9.47. The highest BCUT2D eigenvalue weighted by Gasteiger charge is 2.49. The van der Waals surface area contributed by atoms with Crippen LogP contribution in [0.4, 0.5) is 5.13 Å². The Balaban J connectivity index is 1.78. The molecular formula is C18H16N2O2S2. The number of thiophene rings is 1. The maximum atomic E-state index is 13.1. The van der Waals surface area contributed by atoms with E-state index in [0.29, 0.717) is 11.6 Å². The van der Waals surface area contributed by atoms with Crippen LogP contribution < -0.4 is 5.32 Å². The molecule has 0 saturated heterocycles. The van der Waals surface area contributed by atoms with Crippen LogP contribution >= 0.6 is 22.7 Å². The monoisotopic (exact) mass is 356 g/mol. The molecule has 6 heteroatoms. The number of aromatic hydroxyl groups is 1. The summed E-state index contributed by atoms with van der Waals surface area (Å²) in [7, 11) is 0. The molecule has 24 heavy (non-hydrogen) atoms. The minimum Gasteiger partial charge on any atom is -0.508 e. The largest absolute Gasteiger partial charge is 0.508 e. The van der Waals surface area contributed by atoms with Crippen molar-refractivity contribution in [2.24, 2.45) is 5.41 Å². The van der Waals surface area contributed by atoms with Gasteiger partial charge in [-0.15, -0.1) is 22.7 Å². The highest BCUT2D eigenvalue weighted by atomic mass is 32.1. The molecule has 2 aromatic heterocycles. The summed E-state index contributed by atoms with van der Waals surface area (Å²) in [6.07, 6.45) is 2.32. The van der Waals surface area contributed by atoms with Crippen molar-refractivity contribution in [3.05, 3.63) is 63.3 Å². The van der Waals surface area contributed by atoms with Crippen molar-refractivity contribution in [2.45, 2.75) is 19.3 Å². The average Bonchev–Trinajstić information content (AvgIpc) is 3.26. The van der Waals surface area contributed by atoms with E-state index in [1.807, 2.05) is 29.8 Å². The number of fused-ring (bicyclic) bond motifs is 1. The van der Waals surface area contributed by atoms with E-state index in [1.165, 1.54) is 11.3 Å². The molecule has 0 saturated carbocycles. The predicted octanol–water partition coefficient (Wildman–Crippen LogP) is 4.24. The van der Waals surface area contributed by atoms with Crippen LogP contribution in [0.1, 0.15) is 28.8 Å². The Hall–Kier alpha value is -2.18. The number of hydrogen-bond donors (Lipinski definition) is 2. The fourth-order valence-corrected chi connectivity index (χ4v) is 5.03. The van der Waals surface area contributed by atoms with E-state index < -0.39 is 5.41 Å². The lowest BCUT2D eigenvalue weighted by atomic mass is 9.76. The van der Waals surface area contributed by atoms with Gasteiger partial charge in [-0.3, -0.25) is 4.79 Å². The lowest BCUT2D eigenvalue weighted by Gasteiger charge is -2.29. The van der Waals surface area contributed by atoms with Gasteiger partial charge in [-0.25, -0.2) is 4.98 Å². The summed E-state index contributed by atoms with van der Waals surface area (Å²) < 4.78 is 0. The molecule has 1 aromatic carbocycles. The van der Waals surface area contributed by atoms with E-state index in [2.05, 4.69) is 16.4 Å². The highest BCUT2D eigenvalue weighted by Crippen LogP contribution is 2.53. The second kappa shape index (κ2) is 5.72. The van der Waals surface area contributed by atoms with E-state index in [-0.39, 0.29) is 17.6 Å². The topological polar surface area (TPSA) is 62.2 Å². The van der Waals surface area contributed by atoms with Gasteiger partial charge < -0.3 is 10.4 Å². The van der Waals surface area contributed by atoms with Crippen molar-refractivity contribution >= 4 is 33.7 Å². The highest BCUT2D eigenvalue weighted by molar-refractivity contribution is 7.13. The lowest BCUT2D eigenvalue weighted by Crippen LogP contribution is -2.37. The fraction of sp³-hybridized carbons (Fsp3) is 0.222. The fourth-order valence-electron chi connectivity index (χ4n) is 3.51. The Kier molecular flexibility index (Phi) is 3.66. The first-order valence-corrected chi connectivity index (χ1v) is 9.40. The molecule has 3 aromatic rings. The van der Waals surface area contributed by atoms with E-state index in [1.54, 1.807) is 29.7 Å². The number of carbonyl (C=O) groups excluding carboxylic acids is 1. The Morgan fingerprint density at radius 3 is 2.92 bits per heavy atom. The predicted molar refractivity (Wildman–Crippen MR) is 96.8 cm³/mol. The van der Waals surface area contributed by atoms with Gasteiger partial charge in [0, 0.05) is 22.4 Å². The maximum absolute atomic E-state index is 13.1. The van der Waals surface area contributed by atoms with Crippen molar-refractivity contribution in [1.29, 1.82) is 0 Å². The molecule has 4 rings (SSSR count). The summed E-state index contributed by atoms with van der Waals surface area (Å²) in [5.41, 5.74) is 1.53. The standard InChI is InChI=1S/C18H16N2O2S2/c1-18(16(22)20-17-19-6-8-24-17)10-11-4-5-12(21)9-13(11)15(18)14-3-2-7-23-14/h2-9,15,21H,10H2,1H3,(H,19,20,22)/t15-,18-/m1/s1. The van der Waals surface area contributed by atoms with Crippen molar-refractivity contribution < 1.29 is 9.90 Å². The number of carbonyl (C=O) groups is 1. The molecule has 0 fully saturated rings. The molecule has 2 N–H and O–H groups in total. The molecule has 2 atom stereocenters. The first-order chi connectivity index (χ1) is 11.6. The van der Waals surface area contributed by atoms with E-state index in [9.17, 15) is 9.90 Å². The smallest absolute Gasteiger partial charge is 0.233 e. The zero-order valence-electron chi connectivity index (χ0n) is 13.0. The number of benzene rings is 1. The number of hydrogen-bond acceptors (Lipinski definition) is 5. The Morgan fingerprint density at radius 1 is 1.33 bits per heavy atom. The number of anilines is 1. The van der Waals surface area contributed by atoms with Crippen LogP contribution in [0.3, 0.4) is 0 Å². The lowest BCUT2D eigenvalue weighted by molar-refractivity contribution is -0.125. The van der Waals surface area contributed by atoms with Gasteiger partial charge in [0.15, 0.2) is 5.13 Å². The van der Waals surface area contributed by atoms with Crippen molar-refractivity contribution in [1.82, 2.24) is 4.98 Å². The van der Waals surface area contributed by atoms with Gasteiger partial charge in [0.1, 0.15) is 5.75 Å². The van der Waals surface area contributed by atoms with Crippen molar-refractivity contribution in [2.75, 3.05) is 5.32 Å². The molecule has 0 aliphatic heterocycles. The minimum atomic E-state index is -0.618. The van der Waals surface area contributed by atoms with Crippen LogP contribution in [-0.4, -0.2) is 16.0 Å². The van der Waals surface area contributed by atoms with Crippen molar-refractivity contribution in [3.63, 3.8) is 0 Å². The van der Waals surface area contributed by atoms with Gasteiger partial charge in [-0.05, 0) is 48.1 Å². The number of phenolic OH excluding ortho intramolecular Hbond substituents is 1.